The van der Waals surface area contributed by atoms with Crippen molar-refractivity contribution in [3.05, 3.63) is 32.5 Å². The second kappa shape index (κ2) is 7.38. The molecule has 0 aliphatic heterocycles. The first kappa shape index (κ1) is 16.5. The maximum absolute atomic E-state index is 6.44. The lowest BCUT2D eigenvalue weighted by molar-refractivity contribution is 0.508. The summed E-state index contributed by atoms with van der Waals surface area (Å²) in [7, 11) is 0. The van der Waals surface area contributed by atoms with Crippen LogP contribution in [0, 0.1) is 13.8 Å². The van der Waals surface area contributed by atoms with E-state index in [9.17, 15) is 0 Å². The third kappa shape index (κ3) is 3.84. The first-order chi connectivity index (χ1) is 10.1. The number of nitrogens with one attached hydrogen (secondary N) is 1. The van der Waals surface area contributed by atoms with Crippen molar-refractivity contribution >= 4 is 22.9 Å². The highest BCUT2D eigenvalue weighted by Crippen LogP contribution is 2.28. The zero-order valence-electron chi connectivity index (χ0n) is 13.1. The van der Waals surface area contributed by atoms with E-state index in [2.05, 4.69) is 29.2 Å². The summed E-state index contributed by atoms with van der Waals surface area (Å²) in [6.45, 7) is 10.1. The number of thiazole rings is 1. The molecule has 0 aliphatic carbocycles. The van der Waals surface area contributed by atoms with Crippen molar-refractivity contribution in [2.24, 2.45) is 0 Å². The molecule has 21 heavy (non-hydrogen) atoms. The molecule has 0 saturated carbocycles. The molecule has 0 radical (unpaired) electrons. The fourth-order valence-electron chi connectivity index (χ4n) is 2.39. The van der Waals surface area contributed by atoms with Crippen LogP contribution in [0.15, 0.2) is 6.20 Å². The highest BCUT2D eigenvalue weighted by Gasteiger charge is 2.20. The summed E-state index contributed by atoms with van der Waals surface area (Å²) in [6.07, 6.45) is 3.92. The Morgan fingerprint density at radius 2 is 2.14 bits per heavy atom. The summed E-state index contributed by atoms with van der Waals surface area (Å²) in [6, 6.07) is 0.245. The summed E-state index contributed by atoms with van der Waals surface area (Å²) < 4.78 is 2.01. The molecule has 2 aromatic rings. The van der Waals surface area contributed by atoms with Crippen LogP contribution in [0.4, 0.5) is 0 Å². The quantitative estimate of drug-likeness (QED) is 0.838. The molecule has 2 rings (SSSR count). The van der Waals surface area contributed by atoms with Crippen molar-refractivity contribution in [2.75, 3.05) is 6.54 Å². The first-order valence-electron chi connectivity index (χ1n) is 7.44. The van der Waals surface area contributed by atoms with Gasteiger partial charge in [0.05, 0.1) is 21.4 Å². The molecule has 2 aromatic heterocycles. The Hall–Kier alpha value is -0.910. The van der Waals surface area contributed by atoms with Crippen LogP contribution in [-0.4, -0.2) is 21.3 Å². The molecule has 0 saturated heterocycles. The number of aryl methyl sites for hydroxylation is 3. The predicted octanol–water partition coefficient (Wildman–Crippen LogP) is 3.91. The minimum Gasteiger partial charge on any atom is -0.309 e. The first-order valence-corrected chi connectivity index (χ1v) is 8.63. The lowest BCUT2D eigenvalue weighted by Crippen LogP contribution is -2.24. The fraction of sp³-hybridized carbons (Fsp3) is 0.600. The van der Waals surface area contributed by atoms with E-state index in [-0.39, 0.29) is 6.04 Å². The van der Waals surface area contributed by atoms with Crippen molar-refractivity contribution in [1.29, 1.82) is 0 Å². The van der Waals surface area contributed by atoms with E-state index >= 15 is 0 Å². The topological polar surface area (TPSA) is 42.7 Å². The Morgan fingerprint density at radius 3 is 2.71 bits per heavy atom. The molecule has 0 aliphatic rings. The van der Waals surface area contributed by atoms with Gasteiger partial charge in [-0.25, -0.2) is 4.98 Å². The second-order valence-electron chi connectivity index (χ2n) is 5.15. The van der Waals surface area contributed by atoms with Crippen molar-refractivity contribution in [3.8, 4) is 0 Å². The van der Waals surface area contributed by atoms with Gasteiger partial charge in [-0.3, -0.25) is 4.68 Å². The molecule has 0 aromatic carbocycles. The van der Waals surface area contributed by atoms with E-state index in [4.69, 9.17) is 11.6 Å². The van der Waals surface area contributed by atoms with Gasteiger partial charge in [-0.2, -0.15) is 5.10 Å². The SMILES string of the molecule is CCCNC(Cc1c(Cl)c(C)nn1CC)c1cnc(C)s1. The van der Waals surface area contributed by atoms with Gasteiger partial charge in [0.25, 0.3) is 0 Å². The number of halogens is 1. The average molecular weight is 327 g/mol. The molecule has 0 spiro atoms. The third-order valence-electron chi connectivity index (χ3n) is 3.47. The molecule has 0 bridgehead atoms. The molecule has 0 fully saturated rings. The number of nitrogens with zero attached hydrogens (tertiary/aromatic N) is 3. The molecule has 1 N–H and O–H groups in total. The Labute approximate surface area is 135 Å². The average Bonchev–Trinajstić information content (AvgIpc) is 3.01. The van der Waals surface area contributed by atoms with Gasteiger partial charge >= 0.3 is 0 Å². The fourth-order valence-corrected chi connectivity index (χ4v) is 3.46. The smallest absolute Gasteiger partial charge is 0.0897 e. The van der Waals surface area contributed by atoms with Gasteiger partial charge in [-0.05, 0) is 33.7 Å². The highest BCUT2D eigenvalue weighted by atomic mass is 35.5. The predicted molar refractivity (Wildman–Crippen MR) is 89.2 cm³/mol. The molecular weight excluding hydrogens is 304 g/mol. The monoisotopic (exact) mass is 326 g/mol. The maximum Gasteiger partial charge on any atom is 0.0897 e. The number of hydrogen-bond acceptors (Lipinski definition) is 4. The summed E-state index contributed by atoms with van der Waals surface area (Å²) >= 11 is 8.19. The van der Waals surface area contributed by atoms with Gasteiger partial charge in [-0.15, -0.1) is 11.3 Å². The molecular formula is C15H23ClN4S. The minimum absolute atomic E-state index is 0.245. The molecule has 0 amide bonds. The zero-order chi connectivity index (χ0) is 15.4. The minimum atomic E-state index is 0.245. The molecule has 1 unspecified atom stereocenters. The van der Waals surface area contributed by atoms with Gasteiger partial charge < -0.3 is 5.32 Å². The van der Waals surface area contributed by atoms with Crippen LogP contribution in [0.3, 0.4) is 0 Å². The van der Waals surface area contributed by atoms with Crippen LogP contribution in [0.25, 0.3) is 0 Å². The van der Waals surface area contributed by atoms with Crippen molar-refractivity contribution < 1.29 is 0 Å². The van der Waals surface area contributed by atoms with Gasteiger partial charge in [0.15, 0.2) is 0 Å². The van der Waals surface area contributed by atoms with Gasteiger partial charge in [0, 0.05) is 30.1 Å². The molecule has 1 atom stereocenters. The Balaban J connectivity index is 2.26. The van der Waals surface area contributed by atoms with E-state index in [0.717, 1.165) is 47.3 Å². The van der Waals surface area contributed by atoms with Crippen molar-refractivity contribution in [1.82, 2.24) is 20.1 Å². The van der Waals surface area contributed by atoms with E-state index < -0.39 is 0 Å². The van der Waals surface area contributed by atoms with Crippen molar-refractivity contribution in [2.45, 2.75) is 53.1 Å². The van der Waals surface area contributed by atoms with Crippen LogP contribution >= 0.6 is 22.9 Å². The third-order valence-corrected chi connectivity index (χ3v) is 4.99. The highest BCUT2D eigenvalue weighted by molar-refractivity contribution is 7.11. The largest absolute Gasteiger partial charge is 0.309 e. The van der Waals surface area contributed by atoms with Crippen LogP contribution in [0.5, 0.6) is 0 Å². The Morgan fingerprint density at radius 1 is 1.38 bits per heavy atom. The van der Waals surface area contributed by atoms with Gasteiger partial charge in [0.2, 0.25) is 0 Å². The second-order valence-corrected chi connectivity index (χ2v) is 6.80. The number of rotatable bonds is 7. The van der Waals surface area contributed by atoms with Gasteiger partial charge in [0.1, 0.15) is 0 Å². The maximum atomic E-state index is 6.44. The number of hydrogen-bond donors (Lipinski definition) is 1. The molecule has 6 heteroatoms. The normalized spacial score (nSPS) is 12.8. The lowest BCUT2D eigenvalue weighted by atomic mass is 10.1. The van der Waals surface area contributed by atoms with E-state index in [1.54, 1.807) is 11.3 Å². The van der Waals surface area contributed by atoms with Crippen LogP contribution < -0.4 is 5.32 Å². The van der Waals surface area contributed by atoms with Crippen LogP contribution in [0.2, 0.25) is 5.02 Å². The summed E-state index contributed by atoms with van der Waals surface area (Å²) in [5, 5.41) is 10.0. The lowest BCUT2D eigenvalue weighted by Gasteiger charge is -2.17. The number of aromatic nitrogens is 3. The van der Waals surface area contributed by atoms with E-state index in [1.165, 1.54) is 4.88 Å². The van der Waals surface area contributed by atoms with E-state index in [0.29, 0.717) is 0 Å². The summed E-state index contributed by atoms with van der Waals surface area (Å²) in [5.74, 6) is 0. The standard InChI is InChI=1S/C15H23ClN4S/c1-5-7-17-12(14-9-18-11(4)21-14)8-13-15(16)10(3)19-20(13)6-2/h9,12,17H,5-8H2,1-4H3. The summed E-state index contributed by atoms with van der Waals surface area (Å²) in [5.41, 5.74) is 2.01. The van der Waals surface area contributed by atoms with Crippen LogP contribution in [0.1, 0.15) is 47.6 Å². The van der Waals surface area contributed by atoms with Crippen LogP contribution in [-0.2, 0) is 13.0 Å². The van der Waals surface area contributed by atoms with Crippen molar-refractivity contribution in [3.63, 3.8) is 0 Å². The molecule has 2 heterocycles. The zero-order valence-corrected chi connectivity index (χ0v) is 14.7. The van der Waals surface area contributed by atoms with E-state index in [1.807, 2.05) is 24.7 Å². The Bertz CT molecular complexity index is 591. The van der Waals surface area contributed by atoms with Gasteiger partial charge in [-0.1, -0.05) is 18.5 Å². The Kier molecular flexibility index (Phi) is 5.79. The molecule has 4 nitrogen and oxygen atoms in total. The summed E-state index contributed by atoms with van der Waals surface area (Å²) in [4.78, 5) is 5.64. The molecule has 116 valence electrons.